The SMILES string of the molecule is CCC(C)[C@H](C)C1=NCCO1. The number of aliphatic imine (C=N–C) groups is 1. The number of hydrogen-bond acceptors (Lipinski definition) is 2. The Morgan fingerprint density at radius 3 is 2.73 bits per heavy atom. The van der Waals surface area contributed by atoms with Crippen LogP contribution < -0.4 is 0 Å². The Balaban J connectivity index is 2.45. The van der Waals surface area contributed by atoms with Gasteiger partial charge in [-0.1, -0.05) is 27.2 Å². The molecule has 2 heteroatoms. The van der Waals surface area contributed by atoms with Crippen LogP contribution in [-0.4, -0.2) is 19.0 Å². The Morgan fingerprint density at radius 1 is 1.55 bits per heavy atom. The molecule has 64 valence electrons. The average molecular weight is 155 g/mol. The van der Waals surface area contributed by atoms with Crippen molar-refractivity contribution in [3.05, 3.63) is 0 Å². The molecule has 0 saturated carbocycles. The van der Waals surface area contributed by atoms with Crippen molar-refractivity contribution < 1.29 is 4.74 Å². The number of hydrogen-bond donors (Lipinski definition) is 0. The van der Waals surface area contributed by atoms with E-state index in [1.165, 1.54) is 6.42 Å². The third-order valence-corrected chi connectivity index (χ3v) is 2.50. The van der Waals surface area contributed by atoms with Crippen molar-refractivity contribution in [2.24, 2.45) is 16.8 Å². The second-order valence-corrected chi connectivity index (χ2v) is 3.24. The lowest BCUT2D eigenvalue weighted by atomic mass is 9.93. The van der Waals surface area contributed by atoms with Crippen LogP contribution in [0.3, 0.4) is 0 Å². The van der Waals surface area contributed by atoms with E-state index in [0.717, 1.165) is 19.0 Å². The second kappa shape index (κ2) is 3.74. The van der Waals surface area contributed by atoms with Crippen LogP contribution in [0.4, 0.5) is 0 Å². The van der Waals surface area contributed by atoms with Crippen LogP contribution in [0, 0.1) is 11.8 Å². The van der Waals surface area contributed by atoms with Crippen molar-refractivity contribution >= 4 is 5.90 Å². The molecular formula is C9H17NO. The molecule has 0 aromatic carbocycles. The highest BCUT2D eigenvalue weighted by Crippen LogP contribution is 2.18. The maximum absolute atomic E-state index is 5.39. The first-order chi connectivity index (χ1) is 5.25. The minimum atomic E-state index is 0.502. The highest BCUT2D eigenvalue weighted by atomic mass is 16.5. The third-order valence-electron chi connectivity index (χ3n) is 2.50. The topological polar surface area (TPSA) is 21.6 Å². The summed E-state index contributed by atoms with van der Waals surface area (Å²) in [4.78, 5) is 4.30. The molecule has 0 amide bonds. The summed E-state index contributed by atoms with van der Waals surface area (Å²) in [6, 6.07) is 0. The highest BCUT2D eigenvalue weighted by Gasteiger charge is 2.20. The quantitative estimate of drug-likeness (QED) is 0.611. The molecule has 0 aromatic rings. The van der Waals surface area contributed by atoms with Gasteiger partial charge in [0.1, 0.15) is 6.61 Å². The zero-order valence-corrected chi connectivity index (χ0v) is 7.63. The van der Waals surface area contributed by atoms with E-state index in [4.69, 9.17) is 4.74 Å². The predicted molar refractivity (Wildman–Crippen MR) is 46.9 cm³/mol. The summed E-state index contributed by atoms with van der Waals surface area (Å²) in [6.45, 7) is 8.29. The highest BCUT2D eigenvalue weighted by molar-refractivity contribution is 5.79. The molecule has 1 unspecified atom stereocenters. The van der Waals surface area contributed by atoms with E-state index in [1.807, 2.05) is 0 Å². The molecule has 0 fully saturated rings. The first kappa shape index (κ1) is 8.57. The molecule has 0 radical (unpaired) electrons. The lowest BCUT2D eigenvalue weighted by Crippen LogP contribution is -2.18. The van der Waals surface area contributed by atoms with Gasteiger partial charge in [0.25, 0.3) is 0 Å². The van der Waals surface area contributed by atoms with Gasteiger partial charge >= 0.3 is 0 Å². The minimum Gasteiger partial charge on any atom is -0.479 e. The van der Waals surface area contributed by atoms with E-state index in [1.54, 1.807) is 0 Å². The third kappa shape index (κ3) is 1.95. The lowest BCUT2D eigenvalue weighted by molar-refractivity contribution is 0.303. The maximum Gasteiger partial charge on any atom is 0.186 e. The summed E-state index contributed by atoms with van der Waals surface area (Å²) >= 11 is 0. The molecule has 1 heterocycles. The smallest absolute Gasteiger partial charge is 0.186 e. The summed E-state index contributed by atoms with van der Waals surface area (Å²) < 4.78 is 5.39. The first-order valence-corrected chi connectivity index (χ1v) is 4.42. The molecule has 11 heavy (non-hydrogen) atoms. The molecule has 0 spiro atoms. The largest absolute Gasteiger partial charge is 0.479 e. The minimum absolute atomic E-state index is 0.502. The monoisotopic (exact) mass is 155 g/mol. The molecule has 1 aliphatic heterocycles. The summed E-state index contributed by atoms with van der Waals surface area (Å²) in [5, 5.41) is 0. The molecule has 0 aromatic heterocycles. The first-order valence-electron chi connectivity index (χ1n) is 4.42. The zero-order chi connectivity index (χ0) is 8.27. The van der Waals surface area contributed by atoms with E-state index in [-0.39, 0.29) is 0 Å². The van der Waals surface area contributed by atoms with Crippen LogP contribution in [0.5, 0.6) is 0 Å². The van der Waals surface area contributed by atoms with Gasteiger partial charge in [-0.05, 0) is 5.92 Å². The molecule has 0 aliphatic carbocycles. The fourth-order valence-corrected chi connectivity index (χ4v) is 1.22. The van der Waals surface area contributed by atoms with Crippen LogP contribution in [0.25, 0.3) is 0 Å². The normalized spacial score (nSPS) is 22.3. The van der Waals surface area contributed by atoms with Crippen molar-refractivity contribution in [2.45, 2.75) is 27.2 Å². The second-order valence-electron chi connectivity index (χ2n) is 3.24. The number of ether oxygens (including phenoxy) is 1. The van der Waals surface area contributed by atoms with E-state index in [2.05, 4.69) is 25.8 Å². The summed E-state index contributed by atoms with van der Waals surface area (Å²) in [5.74, 6) is 2.16. The molecule has 2 nitrogen and oxygen atoms in total. The summed E-state index contributed by atoms with van der Waals surface area (Å²) in [6.07, 6.45) is 1.20. The van der Waals surface area contributed by atoms with Crippen molar-refractivity contribution in [2.75, 3.05) is 13.2 Å². The molecule has 0 saturated heterocycles. The van der Waals surface area contributed by atoms with Crippen LogP contribution >= 0.6 is 0 Å². The molecule has 2 atom stereocenters. The van der Waals surface area contributed by atoms with Gasteiger partial charge < -0.3 is 4.74 Å². The van der Waals surface area contributed by atoms with Crippen molar-refractivity contribution in [1.29, 1.82) is 0 Å². The van der Waals surface area contributed by atoms with Crippen molar-refractivity contribution in [1.82, 2.24) is 0 Å². The van der Waals surface area contributed by atoms with Gasteiger partial charge in [-0.2, -0.15) is 0 Å². The zero-order valence-electron chi connectivity index (χ0n) is 7.63. The Hall–Kier alpha value is -0.530. The Bertz CT molecular complexity index is 154. The van der Waals surface area contributed by atoms with Crippen molar-refractivity contribution in [3.63, 3.8) is 0 Å². The number of nitrogens with zero attached hydrogens (tertiary/aromatic N) is 1. The van der Waals surface area contributed by atoms with Gasteiger partial charge in [-0.15, -0.1) is 0 Å². The molecule has 0 bridgehead atoms. The van der Waals surface area contributed by atoms with Gasteiger partial charge in [0.15, 0.2) is 5.90 Å². The van der Waals surface area contributed by atoms with Gasteiger partial charge in [0.05, 0.1) is 6.54 Å². The van der Waals surface area contributed by atoms with Crippen LogP contribution in [0.2, 0.25) is 0 Å². The lowest BCUT2D eigenvalue weighted by Gasteiger charge is -2.17. The molecule has 0 N–H and O–H groups in total. The predicted octanol–water partition coefficient (Wildman–Crippen LogP) is 2.10. The van der Waals surface area contributed by atoms with Crippen LogP contribution in [0.15, 0.2) is 4.99 Å². The van der Waals surface area contributed by atoms with E-state index in [0.29, 0.717) is 11.8 Å². The Kier molecular flexibility index (Phi) is 2.92. The van der Waals surface area contributed by atoms with Crippen LogP contribution in [0.1, 0.15) is 27.2 Å². The standard InChI is InChI=1S/C9H17NO/c1-4-7(2)8(3)9-10-5-6-11-9/h7-8H,4-6H2,1-3H3/t7?,8-/m0/s1. The fourth-order valence-electron chi connectivity index (χ4n) is 1.22. The van der Waals surface area contributed by atoms with Crippen LogP contribution in [-0.2, 0) is 4.74 Å². The van der Waals surface area contributed by atoms with Gasteiger partial charge in [-0.3, -0.25) is 4.99 Å². The van der Waals surface area contributed by atoms with E-state index >= 15 is 0 Å². The average Bonchev–Trinajstić information content (AvgIpc) is 2.53. The Morgan fingerprint density at radius 2 is 2.27 bits per heavy atom. The molecular weight excluding hydrogens is 138 g/mol. The van der Waals surface area contributed by atoms with E-state index < -0.39 is 0 Å². The number of rotatable bonds is 3. The molecule has 1 aliphatic rings. The van der Waals surface area contributed by atoms with E-state index in [9.17, 15) is 0 Å². The maximum atomic E-state index is 5.39. The summed E-state index contributed by atoms with van der Waals surface area (Å²) in [7, 11) is 0. The van der Waals surface area contributed by atoms with Gasteiger partial charge in [0, 0.05) is 5.92 Å². The fraction of sp³-hybridized carbons (Fsp3) is 0.889. The van der Waals surface area contributed by atoms with Gasteiger partial charge in [-0.25, -0.2) is 0 Å². The Labute approximate surface area is 68.7 Å². The summed E-state index contributed by atoms with van der Waals surface area (Å²) in [5.41, 5.74) is 0. The molecule has 1 rings (SSSR count). The van der Waals surface area contributed by atoms with Crippen molar-refractivity contribution in [3.8, 4) is 0 Å². The van der Waals surface area contributed by atoms with Gasteiger partial charge in [0.2, 0.25) is 0 Å².